The second-order valence-electron chi connectivity index (χ2n) is 5.94. The van der Waals surface area contributed by atoms with Gasteiger partial charge in [0.2, 0.25) is 0 Å². The fourth-order valence-corrected chi connectivity index (χ4v) is 3.10. The van der Waals surface area contributed by atoms with E-state index in [0.29, 0.717) is 18.2 Å². The molecule has 0 atom stereocenters. The van der Waals surface area contributed by atoms with Gasteiger partial charge in [0.1, 0.15) is 0 Å². The number of amides is 1. The van der Waals surface area contributed by atoms with Gasteiger partial charge in [-0.2, -0.15) is 0 Å². The van der Waals surface area contributed by atoms with Crippen LogP contribution < -0.4 is 5.32 Å². The third-order valence-electron chi connectivity index (χ3n) is 4.14. The molecule has 1 amide bonds. The summed E-state index contributed by atoms with van der Waals surface area (Å²) < 4.78 is 0. The van der Waals surface area contributed by atoms with Crippen LogP contribution in [0.4, 0.5) is 5.69 Å². The molecule has 5 heteroatoms. The van der Waals surface area contributed by atoms with Gasteiger partial charge in [-0.3, -0.25) is 4.79 Å². The molecule has 124 valence electrons. The zero-order chi connectivity index (χ0) is 16.9. The summed E-state index contributed by atoms with van der Waals surface area (Å²) in [6.07, 6.45) is 0. The third-order valence-corrected chi connectivity index (χ3v) is 4.50. The van der Waals surface area contributed by atoms with Crippen LogP contribution in [-0.4, -0.2) is 47.0 Å². The SMILES string of the molecule is Cc1cccc(NC(=S)N2CCN(C(=O)c3ccccc3)CC2)c1. The number of nitrogens with zero attached hydrogens (tertiary/aromatic N) is 2. The number of aryl methyl sites for hydroxylation is 1. The minimum Gasteiger partial charge on any atom is -0.345 e. The van der Waals surface area contributed by atoms with Crippen molar-refractivity contribution in [3.63, 3.8) is 0 Å². The number of piperazine rings is 1. The Morgan fingerprint density at radius 3 is 2.29 bits per heavy atom. The molecule has 1 N–H and O–H groups in total. The van der Waals surface area contributed by atoms with Crippen LogP contribution in [0.3, 0.4) is 0 Å². The van der Waals surface area contributed by atoms with E-state index in [1.807, 2.05) is 47.4 Å². The number of hydrogen-bond acceptors (Lipinski definition) is 2. The molecule has 1 saturated heterocycles. The third kappa shape index (κ3) is 3.92. The monoisotopic (exact) mass is 339 g/mol. The van der Waals surface area contributed by atoms with E-state index >= 15 is 0 Å². The quantitative estimate of drug-likeness (QED) is 0.853. The number of rotatable bonds is 2. The predicted octanol–water partition coefficient (Wildman–Crippen LogP) is 3.15. The molecule has 1 aliphatic heterocycles. The molecule has 0 bridgehead atoms. The summed E-state index contributed by atoms with van der Waals surface area (Å²) in [4.78, 5) is 16.5. The van der Waals surface area contributed by atoms with Gasteiger partial charge in [0.05, 0.1) is 0 Å². The van der Waals surface area contributed by atoms with Crippen LogP contribution in [0.1, 0.15) is 15.9 Å². The van der Waals surface area contributed by atoms with E-state index in [1.165, 1.54) is 5.56 Å². The molecule has 1 fully saturated rings. The summed E-state index contributed by atoms with van der Waals surface area (Å²) in [5, 5.41) is 4.00. The van der Waals surface area contributed by atoms with Crippen molar-refractivity contribution in [3.05, 3.63) is 65.7 Å². The number of anilines is 1. The Labute approximate surface area is 148 Å². The van der Waals surface area contributed by atoms with Crippen molar-refractivity contribution in [3.8, 4) is 0 Å². The van der Waals surface area contributed by atoms with E-state index in [9.17, 15) is 4.79 Å². The molecular weight excluding hydrogens is 318 g/mol. The number of nitrogens with one attached hydrogen (secondary N) is 1. The smallest absolute Gasteiger partial charge is 0.253 e. The second-order valence-corrected chi connectivity index (χ2v) is 6.33. The maximum absolute atomic E-state index is 12.5. The van der Waals surface area contributed by atoms with Crippen molar-refractivity contribution in [2.45, 2.75) is 6.92 Å². The number of thiocarbonyl (C=S) groups is 1. The first-order chi connectivity index (χ1) is 11.6. The van der Waals surface area contributed by atoms with E-state index in [-0.39, 0.29) is 5.91 Å². The highest BCUT2D eigenvalue weighted by molar-refractivity contribution is 7.80. The Morgan fingerprint density at radius 2 is 1.62 bits per heavy atom. The standard InChI is InChI=1S/C19H21N3OS/c1-15-6-5-9-17(14-15)20-19(24)22-12-10-21(11-13-22)18(23)16-7-3-2-4-8-16/h2-9,14H,10-13H2,1H3,(H,20,24). The molecule has 3 rings (SSSR count). The van der Waals surface area contributed by atoms with Crippen LogP contribution in [0.25, 0.3) is 0 Å². The van der Waals surface area contributed by atoms with Crippen LogP contribution in [0, 0.1) is 6.92 Å². The maximum Gasteiger partial charge on any atom is 0.253 e. The molecule has 24 heavy (non-hydrogen) atoms. The molecule has 0 aromatic heterocycles. The lowest BCUT2D eigenvalue weighted by atomic mass is 10.2. The highest BCUT2D eigenvalue weighted by Gasteiger charge is 2.23. The minimum atomic E-state index is 0.0906. The van der Waals surface area contributed by atoms with Crippen molar-refractivity contribution in [1.29, 1.82) is 0 Å². The highest BCUT2D eigenvalue weighted by atomic mass is 32.1. The van der Waals surface area contributed by atoms with Crippen molar-refractivity contribution >= 4 is 28.9 Å². The van der Waals surface area contributed by atoms with Gasteiger partial charge < -0.3 is 15.1 Å². The van der Waals surface area contributed by atoms with Crippen molar-refractivity contribution in [2.75, 3.05) is 31.5 Å². The average Bonchev–Trinajstić information content (AvgIpc) is 2.62. The zero-order valence-corrected chi connectivity index (χ0v) is 14.6. The first-order valence-electron chi connectivity index (χ1n) is 8.10. The van der Waals surface area contributed by atoms with Gasteiger partial charge in [-0.05, 0) is 49.0 Å². The fraction of sp³-hybridized carbons (Fsp3) is 0.263. The first kappa shape index (κ1) is 16.5. The van der Waals surface area contributed by atoms with Crippen LogP contribution in [-0.2, 0) is 0 Å². The lowest BCUT2D eigenvalue weighted by molar-refractivity contribution is 0.0693. The van der Waals surface area contributed by atoms with E-state index < -0.39 is 0 Å². The van der Waals surface area contributed by atoms with Crippen LogP contribution >= 0.6 is 12.2 Å². The molecule has 0 unspecified atom stereocenters. The molecule has 2 aromatic rings. The molecule has 0 aliphatic carbocycles. The van der Waals surface area contributed by atoms with Gasteiger partial charge in [-0.25, -0.2) is 0 Å². The normalized spacial score (nSPS) is 14.4. The number of carbonyl (C=O) groups excluding carboxylic acids is 1. The Hall–Kier alpha value is -2.40. The summed E-state index contributed by atoms with van der Waals surface area (Å²) in [5.41, 5.74) is 2.94. The van der Waals surface area contributed by atoms with Crippen molar-refractivity contribution in [2.24, 2.45) is 0 Å². The van der Waals surface area contributed by atoms with Crippen LogP contribution in [0.5, 0.6) is 0 Å². The van der Waals surface area contributed by atoms with Gasteiger partial charge in [0.15, 0.2) is 5.11 Å². The van der Waals surface area contributed by atoms with Crippen LogP contribution in [0.2, 0.25) is 0 Å². The Morgan fingerprint density at radius 1 is 0.958 bits per heavy atom. The number of hydrogen-bond donors (Lipinski definition) is 1. The molecule has 0 spiro atoms. The molecule has 0 radical (unpaired) electrons. The van der Waals surface area contributed by atoms with Crippen LogP contribution in [0.15, 0.2) is 54.6 Å². The van der Waals surface area contributed by atoms with E-state index in [2.05, 4.69) is 29.3 Å². The Kier molecular flexibility index (Phi) is 5.11. The Balaban J connectivity index is 1.55. The Bertz CT molecular complexity index is 724. The topological polar surface area (TPSA) is 35.6 Å². The molecule has 1 heterocycles. The van der Waals surface area contributed by atoms with Crippen molar-refractivity contribution in [1.82, 2.24) is 9.80 Å². The van der Waals surface area contributed by atoms with Gasteiger partial charge in [0.25, 0.3) is 5.91 Å². The minimum absolute atomic E-state index is 0.0906. The summed E-state index contributed by atoms with van der Waals surface area (Å²) in [7, 11) is 0. The van der Waals surface area contributed by atoms with E-state index in [4.69, 9.17) is 12.2 Å². The van der Waals surface area contributed by atoms with Gasteiger partial charge in [0, 0.05) is 37.4 Å². The lowest BCUT2D eigenvalue weighted by Gasteiger charge is -2.36. The predicted molar refractivity (Wildman–Crippen MR) is 101 cm³/mol. The molecule has 2 aromatic carbocycles. The number of benzene rings is 2. The fourth-order valence-electron chi connectivity index (χ4n) is 2.80. The zero-order valence-electron chi connectivity index (χ0n) is 13.7. The largest absolute Gasteiger partial charge is 0.345 e. The van der Waals surface area contributed by atoms with Crippen molar-refractivity contribution < 1.29 is 4.79 Å². The summed E-state index contributed by atoms with van der Waals surface area (Å²) in [6.45, 7) is 4.92. The maximum atomic E-state index is 12.5. The molecular formula is C19H21N3OS. The van der Waals surface area contributed by atoms with Gasteiger partial charge >= 0.3 is 0 Å². The van der Waals surface area contributed by atoms with E-state index in [0.717, 1.165) is 24.3 Å². The summed E-state index contributed by atoms with van der Waals surface area (Å²) >= 11 is 5.51. The average molecular weight is 339 g/mol. The summed E-state index contributed by atoms with van der Waals surface area (Å²) in [5.74, 6) is 0.0906. The summed E-state index contributed by atoms with van der Waals surface area (Å²) in [6, 6.07) is 17.6. The van der Waals surface area contributed by atoms with Gasteiger partial charge in [-0.15, -0.1) is 0 Å². The number of carbonyl (C=O) groups is 1. The molecule has 1 aliphatic rings. The lowest BCUT2D eigenvalue weighted by Crippen LogP contribution is -2.51. The first-order valence-corrected chi connectivity index (χ1v) is 8.51. The van der Waals surface area contributed by atoms with Gasteiger partial charge in [-0.1, -0.05) is 30.3 Å². The van der Waals surface area contributed by atoms with E-state index in [1.54, 1.807) is 0 Å². The highest BCUT2D eigenvalue weighted by Crippen LogP contribution is 2.13. The molecule has 4 nitrogen and oxygen atoms in total. The second kappa shape index (κ2) is 7.45. The molecule has 0 saturated carbocycles.